The summed E-state index contributed by atoms with van der Waals surface area (Å²) in [5.74, 6) is -31.8. The van der Waals surface area contributed by atoms with Crippen molar-refractivity contribution in [1.82, 2.24) is 36.4 Å². The van der Waals surface area contributed by atoms with Gasteiger partial charge in [0.05, 0.1) is 40.5 Å². The maximum Gasteiger partial charge on any atom is 0.326 e. The summed E-state index contributed by atoms with van der Waals surface area (Å²) in [5, 5.41) is 113. The van der Waals surface area contributed by atoms with Crippen LogP contribution in [0.1, 0.15) is 253 Å². The van der Waals surface area contributed by atoms with Crippen molar-refractivity contribution in [3.63, 3.8) is 0 Å². The van der Waals surface area contributed by atoms with Crippen LogP contribution in [0.3, 0.4) is 0 Å². The maximum atomic E-state index is 14.3. The lowest BCUT2D eigenvalue weighted by molar-refractivity contribution is -0.146. The maximum absolute atomic E-state index is 14.3. The number of carbonyl (C=O) groups is 22. The van der Waals surface area contributed by atoms with Gasteiger partial charge in [0.15, 0.2) is 5.82 Å². The summed E-state index contributed by atoms with van der Waals surface area (Å²) in [6, 6.07) is 9.90. The van der Waals surface area contributed by atoms with Gasteiger partial charge in [0.25, 0.3) is 0 Å². The van der Waals surface area contributed by atoms with E-state index in [2.05, 4.69) is 31.7 Å². The molecule has 0 aliphatic carbocycles. The number of anilines is 1. The number of nitrogens with one attached hydrogen (secondary N) is 5. The number of Topliss-reactive ketones (excluding diaryl/α,β-unsaturated/α-hetero) is 6. The second-order valence-electron chi connectivity index (χ2n) is 33.3. The Hall–Kier alpha value is -13.4. The molecule has 41 nitrogen and oxygen atoms in total. The Labute approximate surface area is 763 Å². The third kappa shape index (κ3) is 43.4. The van der Waals surface area contributed by atoms with Crippen LogP contribution in [0.4, 0.5) is 10.2 Å². The molecular formula is C91H120FN9O32. The number of fused-ring (bicyclic) bond motifs is 1. The van der Waals surface area contributed by atoms with E-state index in [0.29, 0.717) is 29.4 Å². The Bertz CT molecular complexity index is 4820. The highest BCUT2D eigenvalue weighted by atomic mass is 19.1. The van der Waals surface area contributed by atoms with E-state index in [9.17, 15) is 156 Å². The van der Waals surface area contributed by atoms with Crippen molar-refractivity contribution < 1.29 is 161 Å². The van der Waals surface area contributed by atoms with Crippen molar-refractivity contribution >= 4 is 147 Å². The molecule has 0 fully saturated rings. The predicted molar refractivity (Wildman–Crippen MR) is 468 cm³/mol. The van der Waals surface area contributed by atoms with Crippen molar-refractivity contribution in [3.05, 3.63) is 83.2 Å². The van der Waals surface area contributed by atoms with Gasteiger partial charge in [0, 0.05) is 135 Å². The van der Waals surface area contributed by atoms with E-state index in [0.717, 1.165) is 73.6 Å². The normalized spacial score (nSPS) is 13.4. The van der Waals surface area contributed by atoms with Crippen molar-refractivity contribution in [2.75, 3.05) is 12.3 Å². The van der Waals surface area contributed by atoms with Gasteiger partial charge in [-0.05, 0) is 118 Å². The SMILES string of the molecule is Cc1ccc(F)c(CC(=O)Cc2ccc(-c3cccc4c3c(N)nn4C(=O)CCCCCCCCCCCNC(=O)C[C@H](N)CCC(=O)C[C@@H](CCC(=O)N[C@@H](CCC(=O)C[C@@H](CCC(=O)N[C@@H](CCC(=O)C[C@@H](CCC(=O)N[C@@H](CCC(=O)C[C@@H](CCC(=O)N[C@@H](CCC(=O)C[C@@H](CCC(=O)O)C(=O)O)C(=O)O)C(=O)O)C(=O)O)C(=O)O)C(=O)O)C(=O)O)C(=O)O)C(=O)O)cc2)c1. The van der Waals surface area contributed by atoms with Crippen LogP contribution in [0.25, 0.3) is 22.0 Å². The lowest BCUT2D eigenvalue weighted by Gasteiger charge is -2.18. The molecule has 0 spiro atoms. The number of aryl methyl sites for hydroxylation is 1. The monoisotopic (exact) mass is 1870 g/mol. The minimum absolute atomic E-state index is 0.0104. The lowest BCUT2D eigenvalue weighted by atomic mass is 9.93. The summed E-state index contributed by atoms with van der Waals surface area (Å²) < 4.78 is 15.6. The molecule has 42 heteroatoms. The number of nitrogen functional groups attached to an aromatic ring is 1. The van der Waals surface area contributed by atoms with Crippen molar-refractivity contribution in [2.24, 2.45) is 35.3 Å². The summed E-state index contributed by atoms with van der Waals surface area (Å²) >= 11 is 0. The molecule has 1 aromatic heterocycles. The van der Waals surface area contributed by atoms with E-state index in [-0.39, 0.29) is 68.4 Å². The molecule has 133 heavy (non-hydrogen) atoms. The number of hydrogen-bond acceptors (Lipinski definition) is 25. The zero-order valence-electron chi connectivity index (χ0n) is 74.0. The van der Waals surface area contributed by atoms with Gasteiger partial charge in [-0.1, -0.05) is 99.0 Å². The summed E-state index contributed by atoms with van der Waals surface area (Å²) in [7, 11) is 0. The molecule has 4 rings (SSSR count). The summed E-state index contributed by atoms with van der Waals surface area (Å²) in [5.41, 5.74) is 16.8. The Morgan fingerprint density at radius 1 is 0.368 bits per heavy atom. The number of aliphatic carboxylic acids is 10. The zero-order chi connectivity index (χ0) is 99.1. The van der Waals surface area contributed by atoms with Crippen LogP contribution >= 0.6 is 0 Å². The number of hydrogen-bond donors (Lipinski definition) is 17. The van der Waals surface area contributed by atoms with Crippen LogP contribution in [0, 0.1) is 42.3 Å². The highest BCUT2D eigenvalue weighted by Gasteiger charge is 2.34. The predicted octanol–water partition coefficient (Wildman–Crippen LogP) is 6.93. The molecule has 0 aliphatic heterocycles. The molecule has 1 heterocycles. The minimum Gasteiger partial charge on any atom is -0.481 e. The van der Waals surface area contributed by atoms with Crippen LogP contribution in [-0.2, 0) is 114 Å². The Morgan fingerprint density at radius 2 is 0.722 bits per heavy atom. The number of nitrogens with zero attached hydrogens (tertiary/aromatic N) is 2. The Balaban J connectivity index is 1.07. The van der Waals surface area contributed by atoms with Crippen molar-refractivity contribution in [1.29, 1.82) is 0 Å². The lowest BCUT2D eigenvalue weighted by Crippen LogP contribution is -2.41. The molecule has 0 saturated carbocycles. The van der Waals surface area contributed by atoms with Gasteiger partial charge in [-0.25, -0.2) is 23.6 Å². The van der Waals surface area contributed by atoms with Crippen molar-refractivity contribution in [3.8, 4) is 11.1 Å². The van der Waals surface area contributed by atoms with Gasteiger partial charge < -0.3 is 89.1 Å². The van der Waals surface area contributed by atoms with E-state index >= 15 is 0 Å². The molecule has 10 atom stereocenters. The average molecular weight is 1870 g/mol. The summed E-state index contributed by atoms with van der Waals surface area (Å²) in [6.45, 7) is 2.25. The number of ketones is 6. The largest absolute Gasteiger partial charge is 0.481 e. The quantitative estimate of drug-likeness (QED) is 0.0199. The first-order valence-electron chi connectivity index (χ1n) is 44.0. The number of rotatable bonds is 72. The van der Waals surface area contributed by atoms with Crippen LogP contribution in [0.2, 0.25) is 0 Å². The van der Waals surface area contributed by atoms with Gasteiger partial charge >= 0.3 is 59.7 Å². The van der Waals surface area contributed by atoms with Crippen LogP contribution in [-0.4, -0.2) is 227 Å². The van der Waals surface area contributed by atoms with Gasteiger partial charge in [-0.15, -0.1) is 5.10 Å². The Kier molecular flexibility index (Phi) is 49.1. The number of unbranched alkanes of at least 4 members (excludes halogenated alkanes) is 8. The number of halogens is 1. The molecule has 3 aromatic carbocycles. The molecule has 0 aliphatic rings. The molecule has 5 amide bonds. The van der Waals surface area contributed by atoms with Crippen LogP contribution in [0.15, 0.2) is 60.7 Å². The second kappa shape index (κ2) is 58.4. The number of amides is 5. The Morgan fingerprint density at radius 3 is 1.08 bits per heavy atom. The van der Waals surface area contributed by atoms with Gasteiger partial charge in [0.1, 0.15) is 64.7 Å². The fourth-order valence-electron chi connectivity index (χ4n) is 14.8. The molecule has 4 aromatic rings. The first-order valence-corrected chi connectivity index (χ1v) is 44.0. The fourth-order valence-corrected chi connectivity index (χ4v) is 14.8. The van der Waals surface area contributed by atoms with E-state index in [1.54, 1.807) is 18.2 Å². The van der Waals surface area contributed by atoms with E-state index in [1.165, 1.54) is 10.7 Å². The smallest absolute Gasteiger partial charge is 0.326 e. The first-order chi connectivity index (χ1) is 62.8. The van der Waals surface area contributed by atoms with E-state index in [1.807, 2.05) is 43.3 Å². The third-order valence-electron chi connectivity index (χ3n) is 22.4. The number of carboxylic acid groups (broad SMARTS) is 10. The molecule has 19 N–H and O–H groups in total. The molecule has 0 unspecified atom stereocenters. The number of aromatic nitrogens is 2. The topological polar surface area (TPSA) is 708 Å². The molecule has 0 saturated heterocycles. The van der Waals surface area contributed by atoms with Crippen LogP contribution < -0.4 is 38.1 Å². The summed E-state index contributed by atoms with van der Waals surface area (Å²) in [4.78, 5) is 273. The van der Waals surface area contributed by atoms with Gasteiger partial charge in [-0.2, -0.15) is 4.68 Å². The fraction of sp³-hybridized carbons (Fsp3) is 0.549. The van der Waals surface area contributed by atoms with Crippen molar-refractivity contribution in [2.45, 2.75) is 281 Å². The average Bonchev–Trinajstić information content (AvgIpc) is 1.64. The number of carboxylic acids is 10. The number of carbonyl (C=O) groups excluding carboxylic acids is 12. The van der Waals surface area contributed by atoms with Crippen LogP contribution in [0.5, 0.6) is 0 Å². The minimum atomic E-state index is -1.81. The molecule has 0 bridgehead atoms. The highest BCUT2D eigenvalue weighted by molar-refractivity contribution is 6.05. The van der Waals surface area contributed by atoms with Gasteiger partial charge in [0.2, 0.25) is 35.4 Å². The summed E-state index contributed by atoms with van der Waals surface area (Å²) in [6.07, 6.45) is -5.84. The molecular weight excluding hydrogens is 1750 g/mol. The van der Waals surface area contributed by atoms with Gasteiger partial charge in [-0.3, -0.25) is 86.3 Å². The first kappa shape index (κ1) is 112. The molecule has 728 valence electrons. The highest BCUT2D eigenvalue weighted by Crippen LogP contribution is 2.34. The third-order valence-corrected chi connectivity index (χ3v) is 22.4. The van der Waals surface area contributed by atoms with E-state index < -0.39 is 319 Å². The molecule has 0 radical (unpaired) electrons. The number of benzene rings is 3. The standard InChI is InChI=1S/C91H120FN9O32/c1-51-15-31-68(92)59(42-51)49-66(107)43-52-16-18-53(19-17-52)67-12-11-13-73-81(67)82(94)100-101(73)79(113)14-9-7-5-3-2-4-6-8-10-41-95-78(112)50-60(93)25-26-61(102)44-54(83(116)117)20-36-74(108)96-69(88(126)127)32-27-62(103)45-55(84(118)119)21-37-75(109)97-70(89(128)129)33-28-63(104)46-56(85(120)121)22-38-76(110)98-71(90(130)131)34-29-64(105)47-57(86(122)123)23-39-77(111)99-72(91(132)133)35-30-65(106)48-58(87(124)125)24-40-80(114)115/h11-13,15-19,31,42,54-58,60,69-72H,2-10,14,20-30,32-41,43-50,93H2,1H3,(H2,94,100)(H,95,112)(H,96,108)(H,97,109)(H,98,110)(H,99,111)(H,114,115)(H,116,117)(H,118,119)(H,120,121)(H,122,123)(H,124,125)(H,126,127)(H,128,129)(H,130,131)(H,132,133)/t54-,55-,56-,57-,58-,60-,69+,70+,71+,72+/m1/s1. The van der Waals surface area contributed by atoms with E-state index in [4.69, 9.17) is 16.6 Å². The number of nitrogens with two attached hydrogens (primary N) is 2. The second-order valence-corrected chi connectivity index (χ2v) is 33.3. The zero-order valence-corrected chi connectivity index (χ0v) is 74.0.